The van der Waals surface area contributed by atoms with Crippen LogP contribution in [0.25, 0.3) is 0 Å². The monoisotopic (exact) mass is 259 g/mol. The van der Waals surface area contributed by atoms with Crippen molar-refractivity contribution in [3.05, 3.63) is 29.7 Å². The molecule has 19 heavy (non-hydrogen) atoms. The molecule has 0 aliphatic carbocycles. The van der Waals surface area contributed by atoms with Gasteiger partial charge in [0.1, 0.15) is 0 Å². The lowest BCUT2D eigenvalue weighted by atomic mass is 10.2. The van der Waals surface area contributed by atoms with E-state index >= 15 is 0 Å². The summed E-state index contributed by atoms with van der Waals surface area (Å²) in [6.45, 7) is 4.91. The summed E-state index contributed by atoms with van der Waals surface area (Å²) in [5.74, 6) is 2.19. The van der Waals surface area contributed by atoms with Gasteiger partial charge in [0.15, 0.2) is 5.82 Å². The van der Waals surface area contributed by atoms with Crippen LogP contribution < -0.4 is 4.90 Å². The van der Waals surface area contributed by atoms with E-state index in [9.17, 15) is 0 Å². The quantitative estimate of drug-likeness (QED) is 0.840. The van der Waals surface area contributed by atoms with Gasteiger partial charge in [-0.1, -0.05) is 12.1 Å². The van der Waals surface area contributed by atoms with E-state index in [1.807, 2.05) is 19.9 Å². The molecule has 0 spiro atoms. The fraction of sp³-hybridized carbons (Fsp3) is 0.538. The predicted octanol–water partition coefficient (Wildman–Crippen LogP) is 2.07. The second-order valence-electron chi connectivity index (χ2n) is 4.75. The summed E-state index contributed by atoms with van der Waals surface area (Å²) in [5.41, 5.74) is 0.970. The van der Waals surface area contributed by atoms with E-state index in [0.717, 1.165) is 43.3 Å². The first-order chi connectivity index (χ1) is 9.28. The second-order valence-corrected chi connectivity index (χ2v) is 4.75. The van der Waals surface area contributed by atoms with Crippen LogP contribution >= 0.6 is 0 Å². The molecule has 3 rings (SSSR count). The lowest BCUT2D eigenvalue weighted by Crippen LogP contribution is -2.25. The first-order valence-electron chi connectivity index (χ1n) is 6.66. The maximum absolute atomic E-state index is 5.21. The summed E-state index contributed by atoms with van der Waals surface area (Å²) in [6.07, 6.45) is 4.67. The van der Waals surface area contributed by atoms with Crippen molar-refractivity contribution in [3.63, 3.8) is 0 Å². The van der Waals surface area contributed by atoms with Gasteiger partial charge in [0.25, 0.3) is 0 Å². The van der Waals surface area contributed by atoms with Gasteiger partial charge in [-0.2, -0.15) is 4.98 Å². The van der Waals surface area contributed by atoms with E-state index in [0.29, 0.717) is 5.89 Å². The Morgan fingerprint density at radius 2 is 2.32 bits per heavy atom. The molecule has 6 heteroatoms. The van der Waals surface area contributed by atoms with Crippen LogP contribution in [0.2, 0.25) is 0 Å². The maximum Gasteiger partial charge on any atom is 0.226 e. The van der Waals surface area contributed by atoms with E-state index in [2.05, 4.69) is 25.0 Å². The molecule has 2 aromatic heterocycles. The standard InChI is InChI=1S/C13H17N5O/c1-3-11-16-12(17-19-11)10-5-4-8-18(10)13-14-7-6-9(2)15-13/h6-7,10H,3-5,8H2,1-2H3/t10-/m0/s1. The molecule has 1 saturated heterocycles. The van der Waals surface area contributed by atoms with E-state index < -0.39 is 0 Å². The van der Waals surface area contributed by atoms with Crippen molar-refractivity contribution in [3.8, 4) is 0 Å². The molecule has 0 bridgehead atoms. The van der Waals surface area contributed by atoms with E-state index in [1.165, 1.54) is 0 Å². The van der Waals surface area contributed by atoms with Crippen LogP contribution in [-0.2, 0) is 6.42 Å². The molecule has 0 N–H and O–H groups in total. The molecule has 1 atom stereocenters. The lowest BCUT2D eigenvalue weighted by molar-refractivity contribution is 0.373. The van der Waals surface area contributed by atoms with Gasteiger partial charge in [-0.3, -0.25) is 0 Å². The molecule has 2 aromatic rings. The minimum atomic E-state index is 0.130. The Morgan fingerprint density at radius 1 is 1.42 bits per heavy atom. The van der Waals surface area contributed by atoms with Crippen molar-refractivity contribution in [2.75, 3.05) is 11.4 Å². The lowest BCUT2D eigenvalue weighted by Gasteiger charge is -2.21. The van der Waals surface area contributed by atoms with Gasteiger partial charge in [-0.25, -0.2) is 9.97 Å². The first kappa shape index (κ1) is 12.1. The highest BCUT2D eigenvalue weighted by Gasteiger charge is 2.31. The molecule has 0 unspecified atom stereocenters. The Morgan fingerprint density at radius 3 is 3.05 bits per heavy atom. The number of nitrogens with zero attached hydrogens (tertiary/aromatic N) is 5. The zero-order valence-corrected chi connectivity index (χ0v) is 11.2. The average Bonchev–Trinajstić information content (AvgIpc) is 3.07. The van der Waals surface area contributed by atoms with Gasteiger partial charge in [0.05, 0.1) is 6.04 Å². The zero-order valence-electron chi connectivity index (χ0n) is 11.2. The molecule has 3 heterocycles. The summed E-state index contributed by atoms with van der Waals surface area (Å²) in [7, 11) is 0. The van der Waals surface area contributed by atoms with Crippen LogP contribution in [0.1, 0.15) is 43.2 Å². The Bertz CT molecular complexity index is 568. The summed E-state index contributed by atoms with van der Waals surface area (Å²) < 4.78 is 5.21. The maximum atomic E-state index is 5.21. The summed E-state index contributed by atoms with van der Waals surface area (Å²) in [5, 5.41) is 4.08. The highest BCUT2D eigenvalue weighted by atomic mass is 16.5. The van der Waals surface area contributed by atoms with Crippen molar-refractivity contribution >= 4 is 5.95 Å². The predicted molar refractivity (Wildman–Crippen MR) is 69.8 cm³/mol. The number of aromatic nitrogens is 4. The molecule has 1 fully saturated rings. The van der Waals surface area contributed by atoms with Gasteiger partial charge >= 0.3 is 0 Å². The second kappa shape index (κ2) is 4.95. The van der Waals surface area contributed by atoms with Crippen molar-refractivity contribution in [2.45, 2.75) is 39.2 Å². The molecule has 1 aliphatic heterocycles. The number of anilines is 1. The van der Waals surface area contributed by atoms with Crippen LogP contribution in [0.15, 0.2) is 16.8 Å². The van der Waals surface area contributed by atoms with Crippen molar-refractivity contribution in [1.29, 1.82) is 0 Å². The minimum Gasteiger partial charge on any atom is -0.339 e. The van der Waals surface area contributed by atoms with Gasteiger partial charge in [-0.05, 0) is 25.8 Å². The molecule has 0 amide bonds. The Labute approximate surface area is 111 Å². The zero-order chi connectivity index (χ0) is 13.2. The number of rotatable bonds is 3. The molecule has 0 radical (unpaired) electrons. The van der Waals surface area contributed by atoms with Crippen LogP contribution in [0.5, 0.6) is 0 Å². The summed E-state index contributed by atoms with van der Waals surface area (Å²) in [4.78, 5) is 15.4. The summed E-state index contributed by atoms with van der Waals surface area (Å²) in [6, 6.07) is 2.03. The fourth-order valence-corrected chi connectivity index (χ4v) is 2.40. The number of hydrogen-bond acceptors (Lipinski definition) is 6. The number of hydrogen-bond donors (Lipinski definition) is 0. The largest absolute Gasteiger partial charge is 0.339 e. The number of aryl methyl sites for hydroxylation is 2. The van der Waals surface area contributed by atoms with Crippen molar-refractivity contribution in [2.24, 2.45) is 0 Å². The normalized spacial score (nSPS) is 19.1. The highest BCUT2D eigenvalue weighted by molar-refractivity contribution is 5.35. The van der Waals surface area contributed by atoms with E-state index in [1.54, 1.807) is 6.20 Å². The van der Waals surface area contributed by atoms with Gasteiger partial charge in [-0.15, -0.1) is 0 Å². The molecular formula is C13H17N5O. The highest BCUT2D eigenvalue weighted by Crippen LogP contribution is 2.32. The van der Waals surface area contributed by atoms with Gasteiger partial charge < -0.3 is 9.42 Å². The van der Waals surface area contributed by atoms with Crippen LogP contribution in [0.4, 0.5) is 5.95 Å². The molecule has 6 nitrogen and oxygen atoms in total. The Hall–Kier alpha value is -1.98. The molecule has 0 saturated carbocycles. The third-order valence-electron chi connectivity index (χ3n) is 3.38. The third kappa shape index (κ3) is 2.30. The Kier molecular flexibility index (Phi) is 3.15. The van der Waals surface area contributed by atoms with E-state index in [4.69, 9.17) is 4.52 Å². The fourth-order valence-electron chi connectivity index (χ4n) is 2.40. The van der Waals surface area contributed by atoms with Crippen LogP contribution in [-0.4, -0.2) is 26.7 Å². The van der Waals surface area contributed by atoms with Crippen molar-refractivity contribution < 1.29 is 4.52 Å². The third-order valence-corrected chi connectivity index (χ3v) is 3.38. The van der Waals surface area contributed by atoms with Crippen molar-refractivity contribution in [1.82, 2.24) is 20.1 Å². The molecule has 1 aliphatic rings. The van der Waals surface area contributed by atoms with Crippen LogP contribution in [0.3, 0.4) is 0 Å². The smallest absolute Gasteiger partial charge is 0.226 e. The topological polar surface area (TPSA) is 67.9 Å². The molecular weight excluding hydrogens is 242 g/mol. The SMILES string of the molecule is CCc1nc([C@@H]2CCCN2c2nccc(C)n2)no1. The Balaban J connectivity index is 1.89. The van der Waals surface area contributed by atoms with E-state index in [-0.39, 0.29) is 6.04 Å². The molecule has 100 valence electrons. The average molecular weight is 259 g/mol. The molecule has 0 aromatic carbocycles. The van der Waals surface area contributed by atoms with Gasteiger partial charge in [0.2, 0.25) is 11.8 Å². The summed E-state index contributed by atoms with van der Waals surface area (Å²) >= 11 is 0. The minimum absolute atomic E-state index is 0.130. The van der Waals surface area contributed by atoms with Gasteiger partial charge in [0, 0.05) is 24.9 Å². The van der Waals surface area contributed by atoms with Crippen LogP contribution in [0, 0.1) is 6.92 Å². The first-order valence-corrected chi connectivity index (χ1v) is 6.66.